The maximum Gasteiger partial charge on any atom is 0.0474 e. The van der Waals surface area contributed by atoms with Crippen LogP contribution in [0.25, 0.3) is 0 Å². The molecule has 1 heterocycles. The molecule has 0 aromatic carbocycles. The van der Waals surface area contributed by atoms with Gasteiger partial charge in [-0.15, -0.1) is 11.3 Å². The van der Waals surface area contributed by atoms with Crippen LogP contribution in [0.1, 0.15) is 35.7 Å². The number of nitrogen functional groups attached to an aromatic ring is 1. The van der Waals surface area contributed by atoms with E-state index >= 15 is 0 Å². The zero-order chi connectivity index (χ0) is 8.55. The monoisotopic (exact) mass is 182 g/mol. The summed E-state index contributed by atoms with van der Waals surface area (Å²) < 4.78 is 0. The van der Waals surface area contributed by atoms with Crippen molar-refractivity contribution in [2.75, 3.05) is 5.73 Å². The Balaban J connectivity index is 2.42. The lowest BCUT2D eigenvalue weighted by atomic mass is 10.1. The van der Waals surface area contributed by atoms with E-state index < -0.39 is 0 Å². The van der Waals surface area contributed by atoms with Crippen LogP contribution >= 0.6 is 11.3 Å². The molecular weight excluding hydrogens is 168 g/mol. The molecule has 1 aliphatic carbocycles. The van der Waals surface area contributed by atoms with Crippen LogP contribution in [0.5, 0.6) is 0 Å². The number of nitrogens with two attached hydrogens (primary N) is 2. The van der Waals surface area contributed by atoms with Crippen LogP contribution in [0.3, 0.4) is 0 Å². The number of anilines is 1. The molecule has 1 aromatic heterocycles. The number of hydrogen-bond donors (Lipinski definition) is 2. The van der Waals surface area contributed by atoms with Gasteiger partial charge in [-0.3, -0.25) is 0 Å². The lowest BCUT2D eigenvalue weighted by molar-refractivity contribution is 0.616. The van der Waals surface area contributed by atoms with Crippen molar-refractivity contribution < 1.29 is 0 Å². The van der Waals surface area contributed by atoms with Gasteiger partial charge in [0.15, 0.2) is 0 Å². The molecule has 2 rings (SSSR count). The van der Waals surface area contributed by atoms with Crippen LogP contribution in [0.4, 0.5) is 5.69 Å². The first-order chi connectivity index (χ1) is 5.79. The van der Waals surface area contributed by atoms with Crippen LogP contribution in [-0.2, 0) is 6.42 Å². The minimum absolute atomic E-state index is 0.189. The molecular formula is C9H14N2S. The van der Waals surface area contributed by atoms with Crippen molar-refractivity contribution in [2.45, 2.75) is 31.7 Å². The van der Waals surface area contributed by atoms with Gasteiger partial charge in [0, 0.05) is 27.5 Å². The van der Waals surface area contributed by atoms with Gasteiger partial charge in [0.05, 0.1) is 0 Å². The smallest absolute Gasteiger partial charge is 0.0474 e. The van der Waals surface area contributed by atoms with Crippen LogP contribution in [0.15, 0.2) is 5.38 Å². The Morgan fingerprint density at radius 3 is 3.08 bits per heavy atom. The molecule has 0 saturated carbocycles. The van der Waals surface area contributed by atoms with E-state index in [2.05, 4.69) is 0 Å². The Labute approximate surface area is 76.6 Å². The highest BCUT2D eigenvalue weighted by Gasteiger charge is 2.18. The zero-order valence-electron chi connectivity index (χ0n) is 7.05. The second kappa shape index (κ2) is 3.07. The molecule has 2 nitrogen and oxygen atoms in total. The molecule has 4 N–H and O–H groups in total. The summed E-state index contributed by atoms with van der Waals surface area (Å²) in [5, 5.41) is 2.02. The van der Waals surface area contributed by atoms with Gasteiger partial charge in [-0.05, 0) is 19.3 Å². The average Bonchev–Trinajstić information content (AvgIpc) is 2.29. The van der Waals surface area contributed by atoms with Gasteiger partial charge in [-0.2, -0.15) is 0 Å². The third kappa shape index (κ3) is 1.23. The summed E-state index contributed by atoms with van der Waals surface area (Å²) in [4.78, 5) is 1.41. The Morgan fingerprint density at radius 1 is 1.42 bits per heavy atom. The van der Waals surface area contributed by atoms with Crippen molar-refractivity contribution in [2.24, 2.45) is 5.73 Å². The van der Waals surface area contributed by atoms with E-state index in [4.69, 9.17) is 11.5 Å². The molecule has 12 heavy (non-hydrogen) atoms. The molecule has 0 radical (unpaired) electrons. The molecule has 0 bridgehead atoms. The summed E-state index contributed by atoms with van der Waals surface area (Å²) in [5.74, 6) is 0. The standard InChI is InChI=1S/C9H14N2S/c10-6-3-1-2-4-8-9(6)7(11)5-12-8/h5-6H,1-4,10-11H2. The topological polar surface area (TPSA) is 52.0 Å². The van der Waals surface area contributed by atoms with Crippen molar-refractivity contribution >= 4 is 17.0 Å². The highest BCUT2D eigenvalue weighted by atomic mass is 32.1. The van der Waals surface area contributed by atoms with Gasteiger partial charge in [0.2, 0.25) is 0 Å². The lowest BCUT2D eigenvalue weighted by Crippen LogP contribution is -2.10. The summed E-state index contributed by atoms with van der Waals surface area (Å²) in [6.07, 6.45) is 4.77. The van der Waals surface area contributed by atoms with Gasteiger partial charge >= 0.3 is 0 Å². The van der Waals surface area contributed by atoms with Gasteiger partial charge in [0.25, 0.3) is 0 Å². The van der Waals surface area contributed by atoms with E-state index in [1.54, 1.807) is 11.3 Å². The predicted molar refractivity (Wildman–Crippen MR) is 53.2 cm³/mol. The fourth-order valence-corrected chi connectivity index (χ4v) is 2.89. The second-order valence-electron chi connectivity index (χ2n) is 3.38. The summed E-state index contributed by atoms with van der Waals surface area (Å²) in [6.45, 7) is 0. The summed E-state index contributed by atoms with van der Waals surface area (Å²) >= 11 is 1.76. The van der Waals surface area contributed by atoms with E-state index in [9.17, 15) is 0 Å². The Morgan fingerprint density at radius 2 is 2.25 bits per heavy atom. The van der Waals surface area contributed by atoms with Crippen molar-refractivity contribution in [1.29, 1.82) is 0 Å². The van der Waals surface area contributed by atoms with Crippen LogP contribution in [0.2, 0.25) is 0 Å². The highest BCUT2D eigenvalue weighted by Crippen LogP contribution is 2.35. The molecule has 0 amide bonds. The fourth-order valence-electron chi connectivity index (χ4n) is 1.83. The van der Waals surface area contributed by atoms with Crippen molar-refractivity contribution in [1.82, 2.24) is 0 Å². The van der Waals surface area contributed by atoms with Crippen molar-refractivity contribution in [3.8, 4) is 0 Å². The zero-order valence-corrected chi connectivity index (χ0v) is 7.86. The summed E-state index contributed by atoms with van der Waals surface area (Å²) in [7, 11) is 0. The van der Waals surface area contributed by atoms with Crippen LogP contribution < -0.4 is 11.5 Å². The van der Waals surface area contributed by atoms with Gasteiger partial charge < -0.3 is 11.5 Å². The molecule has 1 aromatic rings. The van der Waals surface area contributed by atoms with Crippen LogP contribution in [0, 0.1) is 0 Å². The van der Waals surface area contributed by atoms with Gasteiger partial charge in [0.1, 0.15) is 0 Å². The molecule has 0 fully saturated rings. The summed E-state index contributed by atoms with van der Waals surface area (Å²) in [6, 6.07) is 0.189. The first kappa shape index (κ1) is 8.08. The molecule has 1 aliphatic rings. The second-order valence-corrected chi connectivity index (χ2v) is 4.34. The van der Waals surface area contributed by atoms with E-state index in [0.29, 0.717) is 0 Å². The first-order valence-corrected chi connectivity index (χ1v) is 5.28. The molecule has 1 atom stereocenters. The van der Waals surface area contributed by atoms with E-state index in [0.717, 1.165) is 12.1 Å². The fraction of sp³-hybridized carbons (Fsp3) is 0.556. The van der Waals surface area contributed by atoms with Crippen molar-refractivity contribution in [3.05, 3.63) is 15.8 Å². The van der Waals surface area contributed by atoms with Gasteiger partial charge in [-0.1, -0.05) is 6.42 Å². The molecule has 0 saturated heterocycles. The predicted octanol–water partition coefficient (Wildman–Crippen LogP) is 2.06. The Kier molecular flexibility index (Phi) is 2.07. The number of rotatable bonds is 0. The minimum Gasteiger partial charge on any atom is -0.398 e. The number of fused-ring (bicyclic) bond motifs is 1. The molecule has 0 aliphatic heterocycles. The van der Waals surface area contributed by atoms with Crippen molar-refractivity contribution in [3.63, 3.8) is 0 Å². The molecule has 0 spiro atoms. The lowest BCUT2D eigenvalue weighted by Gasteiger charge is -2.09. The highest BCUT2D eigenvalue weighted by molar-refractivity contribution is 7.10. The Hall–Kier alpha value is -0.540. The number of aryl methyl sites for hydroxylation is 1. The van der Waals surface area contributed by atoms with E-state index in [-0.39, 0.29) is 6.04 Å². The number of thiophene rings is 1. The molecule has 1 unspecified atom stereocenters. The first-order valence-electron chi connectivity index (χ1n) is 4.40. The van der Waals surface area contributed by atoms with Gasteiger partial charge in [-0.25, -0.2) is 0 Å². The minimum atomic E-state index is 0.189. The largest absolute Gasteiger partial charge is 0.398 e. The maximum absolute atomic E-state index is 6.02. The van der Waals surface area contributed by atoms with E-state index in [1.165, 1.54) is 29.7 Å². The average molecular weight is 182 g/mol. The third-order valence-corrected chi connectivity index (χ3v) is 3.56. The number of hydrogen-bond acceptors (Lipinski definition) is 3. The molecule has 3 heteroatoms. The molecule has 66 valence electrons. The quantitative estimate of drug-likeness (QED) is 0.603. The van der Waals surface area contributed by atoms with Crippen LogP contribution in [-0.4, -0.2) is 0 Å². The summed E-state index contributed by atoms with van der Waals surface area (Å²) in [5.41, 5.74) is 14.0. The normalized spacial score (nSPS) is 23.2. The Bertz CT molecular complexity index is 280. The SMILES string of the molecule is Nc1csc2c1C(N)CCCC2. The third-order valence-electron chi connectivity index (χ3n) is 2.48. The maximum atomic E-state index is 6.02. The van der Waals surface area contributed by atoms with E-state index in [1.807, 2.05) is 5.38 Å².